The molecule has 112 valence electrons. The van der Waals surface area contributed by atoms with Crippen LogP contribution in [0.4, 0.5) is 0 Å². The number of unbranched alkanes of at least 4 members (excludes halogenated alkanes) is 1. The predicted molar refractivity (Wildman–Crippen MR) is 89.0 cm³/mol. The molecule has 1 aromatic rings. The summed E-state index contributed by atoms with van der Waals surface area (Å²) in [7, 11) is 0. The molecule has 1 atom stereocenters. The van der Waals surface area contributed by atoms with E-state index >= 15 is 0 Å². The predicted octanol–water partition coefficient (Wildman–Crippen LogP) is 2.98. The number of benzene rings is 1. The van der Waals surface area contributed by atoms with Crippen LogP contribution in [0.25, 0.3) is 0 Å². The number of hydrogen-bond donors (Lipinski definition) is 2. The number of allylic oxidation sites excluding steroid dienone is 1. The fraction of sp³-hybridized carbons (Fsp3) is 0.375. The van der Waals surface area contributed by atoms with E-state index in [1.165, 1.54) is 0 Å². The molecule has 0 unspecified atom stereocenters. The number of hydrogen-bond acceptors (Lipinski definition) is 4. The molecule has 0 saturated carbocycles. The van der Waals surface area contributed by atoms with Gasteiger partial charge in [-0.15, -0.1) is 0 Å². The van der Waals surface area contributed by atoms with E-state index in [0.717, 1.165) is 35.0 Å². The zero-order chi connectivity index (χ0) is 15.2. The van der Waals surface area contributed by atoms with Crippen molar-refractivity contribution in [2.75, 3.05) is 5.75 Å². The Morgan fingerprint density at radius 3 is 2.71 bits per heavy atom. The first kappa shape index (κ1) is 15.6. The van der Waals surface area contributed by atoms with Crippen LogP contribution in [-0.4, -0.2) is 16.8 Å². The van der Waals surface area contributed by atoms with E-state index in [1.54, 1.807) is 11.8 Å². The lowest BCUT2D eigenvalue weighted by atomic mass is 9.96. The Morgan fingerprint density at radius 2 is 2.10 bits per heavy atom. The molecule has 3 N–H and O–H groups in total. The fourth-order valence-corrected chi connectivity index (χ4v) is 3.26. The Bertz CT molecular complexity index is 566. The Labute approximate surface area is 129 Å². The highest BCUT2D eigenvalue weighted by Crippen LogP contribution is 2.31. The average molecular weight is 303 g/mol. The van der Waals surface area contributed by atoms with Crippen LogP contribution in [-0.2, 0) is 4.79 Å². The molecule has 5 heteroatoms. The Hall–Kier alpha value is -1.75. The van der Waals surface area contributed by atoms with Gasteiger partial charge in [0, 0.05) is 11.4 Å². The number of amides is 1. The number of nitrogens with one attached hydrogen (secondary N) is 1. The highest BCUT2D eigenvalue weighted by Gasteiger charge is 2.27. The molecule has 21 heavy (non-hydrogen) atoms. The summed E-state index contributed by atoms with van der Waals surface area (Å²) >= 11 is 1.69. The molecule has 1 heterocycles. The smallest absolute Gasteiger partial charge is 0.248 e. The van der Waals surface area contributed by atoms with Gasteiger partial charge in [-0.2, -0.15) is 0 Å². The van der Waals surface area contributed by atoms with Crippen molar-refractivity contribution in [1.82, 2.24) is 5.32 Å². The molecule has 1 amide bonds. The van der Waals surface area contributed by atoms with Crippen molar-refractivity contribution in [2.24, 2.45) is 10.7 Å². The third-order valence-electron chi connectivity index (χ3n) is 3.34. The van der Waals surface area contributed by atoms with Crippen LogP contribution in [0.5, 0.6) is 0 Å². The maximum Gasteiger partial charge on any atom is 0.248 e. The van der Waals surface area contributed by atoms with Gasteiger partial charge in [0.05, 0.1) is 5.57 Å². The maximum atomic E-state index is 11.8. The molecule has 1 aliphatic rings. The van der Waals surface area contributed by atoms with Crippen molar-refractivity contribution in [3.05, 3.63) is 47.2 Å². The van der Waals surface area contributed by atoms with Crippen LogP contribution in [0.3, 0.4) is 0 Å². The molecule has 2 rings (SSSR count). The van der Waals surface area contributed by atoms with Crippen LogP contribution in [0, 0.1) is 0 Å². The summed E-state index contributed by atoms with van der Waals surface area (Å²) in [6, 6.07) is 9.49. The lowest BCUT2D eigenvalue weighted by Gasteiger charge is -2.25. The number of amidine groups is 1. The molecule has 0 saturated heterocycles. The van der Waals surface area contributed by atoms with Gasteiger partial charge in [-0.3, -0.25) is 4.79 Å². The minimum absolute atomic E-state index is 0.311. The van der Waals surface area contributed by atoms with Crippen molar-refractivity contribution in [3.8, 4) is 0 Å². The number of thioether (sulfide) groups is 1. The van der Waals surface area contributed by atoms with E-state index in [0.29, 0.717) is 5.57 Å². The van der Waals surface area contributed by atoms with Crippen molar-refractivity contribution >= 4 is 22.8 Å². The Balaban J connectivity index is 2.29. The van der Waals surface area contributed by atoms with Crippen molar-refractivity contribution < 1.29 is 4.79 Å². The van der Waals surface area contributed by atoms with Gasteiger partial charge in [-0.25, -0.2) is 4.99 Å². The zero-order valence-electron chi connectivity index (χ0n) is 12.4. The lowest BCUT2D eigenvalue weighted by Crippen LogP contribution is -2.32. The van der Waals surface area contributed by atoms with Crippen molar-refractivity contribution in [1.29, 1.82) is 0 Å². The quantitative estimate of drug-likeness (QED) is 0.822. The van der Waals surface area contributed by atoms with Gasteiger partial charge in [0.2, 0.25) is 5.91 Å². The van der Waals surface area contributed by atoms with Gasteiger partial charge in [0.1, 0.15) is 6.04 Å². The van der Waals surface area contributed by atoms with Crippen molar-refractivity contribution in [2.45, 2.75) is 32.7 Å². The van der Waals surface area contributed by atoms with Gasteiger partial charge in [-0.1, -0.05) is 55.4 Å². The van der Waals surface area contributed by atoms with Crippen LogP contribution in [0.15, 0.2) is 46.6 Å². The molecule has 0 fully saturated rings. The van der Waals surface area contributed by atoms with Gasteiger partial charge in [0.25, 0.3) is 0 Å². The number of carbonyl (C=O) groups is 1. The average Bonchev–Trinajstić information content (AvgIpc) is 2.47. The minimum atomic E-state index is -0.421. The van der Waals surface area contributed by atoms with Crippen LogP contribution < -0.4 is 11.1 Å². The number of carbonyl (C=O) groups excluding carboxylic acids is 1. The van der Waals surface area contributed by atoms with E-state index < -0.39 is 5.91 Å². The van der Waals surface area contributed by atoms with Gasteiger partial charge < -0.3 is 11.1 Å². The molecule has 1 aromatic carbocycles. The summed E-state index contributed by atoms with van der Waals surface area (Å²) in [6.07, 6.45) is 2.30. The topological polar surface area (TPSA) is 67.5 Å². The van der Waals surface area contributed by atoms with E-state index in [-0.39, 0.29) is 6.04 Å². The molecule has 0 aliphatic carbocycles. The summed E-state index contributed by atoms with van der Waals surface area (Å²) < 4.78 is 0. The molecule has 4 nitrogen and oxygen atoms in total. The second-order valence-electron chi connectivity index (χ2n) is 4.98. The summed E-state index contributed by atoms with van der Waals surface area (Å²) in [5.41, 5.74) is 7.87. The molecule has 0 bridgehead atoms. The summed E-state index contributed by atoms with van der Waals surface area (Å²) in [6.45, 7) is 4.05. The summed E-state index contributed by atoms with van der Waals surface area (Å²) in [5.74, 6) is 0.596. The SMILES string of the molecule is CCCCSC1=N[C@@H](c2ccccc2)C(C(N)=O)=C(C)N1. The molecule has 1 aliphatic heterocycles. The largest absolute Gasteiger partial charge is 0.366 e. The third kappa shape index (κ3) is 3.88. The van der Waals surface area contributed by atoms with Crippen LogP contribution in [0.1, 0.15) is 38.3 Å². The highest BCUT2D eigenvalue weighted by molar-refractivity contribution is 8.13. The lowest BCUT2D eigenvalue weighted by molar-refractivity contribution is -0.114. The number of nitrogens with zero attached hydrogens (tertiary/aromatic N) is 1. The number of primary amides is 1. The first-order chi connectivity index (χ1) is 10.1. The first-order valence-electron chi connectivity index (χ1n) is 7.16. The first-order valence-corrected chi connectivity index (χ1v) is 8.15. The summed E-state index contributed by atoms with van der Waals surface area (Å²) in [5, 5.41) is 4.06. The fourth-order valence-electron chi connectivity index (χ4n) is 2.23. The van der Waals surface area contributed by atoms with Gasteiger partial charge in [0.15, 0.2) is 5.17 Å². The minimum Gasteiger partial charge on any atom is -0.366 e. The summed E-state index contributed by atoms with van der Waals surface area (Å²) in [4.78, 5) is 16.5. The molecule has 0 aromatic heterocycles. The number of nitrogens with two attached hydrogens (primary N) is 1. The molecular formula is C16H21N3OS. The molecular weight excluding hydrogens is 282 g/mol. The maximum absolute atomic E-state index is 11.8. The van der Waals surface area contributed by atoms with Crippen LogP contribution >= 0.6 is 11.8 Å². The van der Waals surface area contributed by atoms with Gasteiger partial charge >= 0.3 is 0 Å². The number of aliphatic imine (C=N–C) groups is 1. The van der Waals surface area contributed by atoms with Crippen LogP contribution in [0.2, 0.25) is 0 Å². The second kappa shape index (κ2) is 7.31. The second-order valence-corrected chi connectivity index (χ2v) is 6.06. The number of rotatable bonds is 5. The van der Waals surface area contributed by atoms with E-state index in [1.807, 2.05) is 37.3 Å². The molecule has 0 spiro atoms. The molecule has 0 radical (unpaired) electrons. The normalized spacial score (nSPS) is 18.2. The van der Waals surface area contributed by atoms with E-state index in [2.05, 4.69) is 17.2 Å². The monoisotopic (exact) mass is 303 g/mol. The highest BCUT2D eigenvalue weighted by atomic mass is 32.2. The third-order valence-corrected chi connectivity index (χ3v) is 4.31. The van der Waals surface area contributed by atoms with Crippen molar-refractivity contribution in [3.63, 3.8) is 0 Å². The van der Waals surface area contributed by atoms with E-state index in [4.69, 9.17) is 5.73 Å². The zero-order valence-corrected chi connectivity index (χ0v) is 13.2. The van der Waals surface area contributed by atoms with Gasteiger partial charge in [-0.05, 0) is 18.9 Å². The Morgan fingerprint density at radius 1 is 1.38 bits per heavy atom. The van der Waals surface area contributed by atoms with E-state index in [9.17, 15) is 4.79 Å². The standard InChI is InChI=1S/C16H21N3OS/c1-3-4-10-21-16-18-11(2)13(15(17)20)14(19-16)12-8-6-5-7-9-12/h5-9,14H,3-4,10H2,1-2H3,(H2,17,20)(H,18,19)/t14-/m0/s1. The Kier molecular flexibility index (Phi) is 5.44.